The summed E-state index contributed by atoms with van der Waals surface area (Å²) in [5.74, 6) is 0.231. The molecule has 0 aromatic carbocycles. The molecule has 1 aliphatic heterocycles. The van der Waals surface area contributed by atoms with Gasteiger partial charge in [-0.25, -0.2) is 4.98 Å². The molecular formula is C18H23N7O. The number of amides is 1. The number of fused-ring (bicyclic) bond motifs is 1. The van der Waals surface area contributed by atoms with Crippen LogP contribution in [0, 0.1) is 0 Å². The molecule has 8 heteroatoms. The Morgan fingerprint density at radius 1 is 1.35 bits per heavy atom. The van der Waals surface area contributed by atoms with E-state index in [9.17, 15) is 4.79 Å². The monoisotopic (exact) mass is 353 g/mol. The molecular weight excluding hydrogens is 330 g/mol. The van der Waals surface area contributed by atoms with Crippen molar-refractivity contribution in [3.8, 4) is 0 Å². The average molecular weight is 353 g/mol. The molecule has 0 spiro atoms. The van der Waals surface area contributed by atoms with Gasteiger partial charge in [0.1, 0.15) is 0 Å². The van der Waals surface area contributed by atoms with Crippen LogP contribution in [-0.4, -0.2) is 63.0 Å². The predicted molar refractivity (Wildman–Crippen MR) is 99.3 cm³/mol. The zero-order valence-electron chi connectivity index (χ0n) is 15.3. The zero-order chi connectivity index (χ0) is 18.3. The van der Waals surface area contributed by atoms with Gasteiger partial charge in [0.05, 0.1) is 34.7 Å². The third kappa shape index (κ3) is 2.71. The standard InChI is InChI=1S/C18H23N7O/c1-23(2)18(26)14-9-20-22-16(14)12-5-4-8-25(11-12)15-6-7-19-17-13(15)10-21-24(17)3/h6-7,9-10,12H,4-5,8,11H2,1-3H3,(H,20,22). The molecule has 136 valence electrons. The summed E-state index contributed by atoms with van der Waals surface area (Å²) in [5.41, 5.74) is 3.63. The van der Waals surface area contributed by atoms with Gasteiger partial charge < -0.3 is 9.80 Å². The summed E-state index contributed by atoms with van der Waals surface area (Å²) < 4.78 is 1.79. The second-order valence-corrected chi connectivity index (χ2v) is 7.02. The van der Waals surface area contributed by atoms with Gasteiger partial charge >= 0.3 is 0 Å². The molecule has 3 aromatic heterocycles. The number of pyridine rings is 1. The maximum atomic E-state index is 12.4. The van der Waals surface area contributed by atoms with E-state index < -0.39 is 0 Å². The molecule has 3 aromatic rings. The number of nitrogens with one attached hydrogen (secondary N) is 1. The molecule has 1 unspecified atom stereocenters. The Bertz CT molecular complexity index is 942. The van der Waals surface area contributed by atoms with E-state index in [4.69, 9.17) is 0 Å². The molecule has 1 aliphatic rings. The number of hydrogen-bond acceptors (Lipinski definition) is 5. The molecule has 0 bridgehead atoms. The molecule has 1 fully saturated rings. The van der Waals surface area contributed by atoms with Crippen molar-refractivity contribution in [3.05, 3.63) is 35.9 Å². The molecule has 0 aliphatic carbocycles. The summed E-state index contributed by atoms with van der Waals surface area (Å²) in [6.45, 7) is 1.82. The minimum absolute atomic E-state index is 0.00978. The molecule has 1 saturated heterocycles. The molecule has 0 saturated carbocycles. The minimum atomic E-state index is -0.00978. The van der Waals surface area contributed by atoms with Crippen LogP contribution >= 0.6 is 0 Å². The number of aromatic amines is 1. The van der Waals surface area contributed by atoms with E-state index >= 15 is 0 Å². The zero-order valence-corrected chi connectivity index (χ0v) is 15.3. The third-order valence-corrected chi connectivity index (χ3v) is 5.09. The number of carbonyl (C=O) groups excluding carboxylic acids is 1. The molecule has 1 atom stereocenters. The fourth-order valence-corrected chi connectivity index (χ4v) is 3.76. The van der Waals surface area contributed by atoms with Crippen LogP contribution in [0.3, 0.4) is 0 Å². The van der Waals surface area contributed by atoms with E-state index in [1.54, 1.807) is 29.9 Å². The van der Waals surface area contributed by atoms with Gasteiger partial charge in [-0.1, -0.05) is 0 Å². The number of aromatic nitrogens is 5. The third-order valence-electron chi connectivity index (χ3n) is 5.09. The highest BCUT2D eigenvalue weighted by atomic mass is 16.2. The number of H-pyrrole nitrogens is 1. The van der Waals surface area contributed by atoms with Crippen LogP contribution in [0.15, 0.2) is 24.7 Å². The van der Waals surface area contributed by atoms with Crippen LogP contribution in [0.1, 0.15) is 34.8 Å². The smallest absolute Gasteiger partial charge is 0.256 e. The average Bonchev–Trinajstić information content (AvgIpc) is 3.28. The van der Waals surface area contributed by atoms with Gasteiger partial charge in [0.15, 0.2) is 5.65 Å². The van der Waals surface area contributed by atoms with Crippen molar-refractivity contribution in [2.75, 3.05) is 32.1 Å². The molecule has 26 heavy (non-hydrogen) atoms. The lowest BCUT2D eigenvalue weighted by Gasteiger charge is -2.34. The van der Waals surface area contributed by atoms with Crippen molar-refractivity contribution < 1.29 is 4.79 Å². The van der Waals surface area contributed by atoms with E-state index in [2.05, 4.69) is 25.2 Å². The fourth-order valence-electron chi connectivity index (χ4n) is 3.76. The van der Waals surface area contributed by atoms with Crippen LogP contribution in [0.5, 0.6) is 0 Å². The summed E-state index contributed by atoms with van der Waals surface area (Å²) in [7, 11) is 5.44. The van der Waals surface area contributed by atoms with Gasteiger partial charge in [0, 0.05) is 46.3 Å². The van der Waals surface area contributed by atoms with Crippen molar-refractivity contribution in [3.63, 3.8) is 0 Å². The van der Waals surface area contributed by atoms with E-state index in [1.165, 1.54) is 0 Å². The van der Waals surface area contributed by atoms with Crippen molar-refractivity contribution in [1.29, 1.82) is 0 Å². The lowest BCUT2D eigenvalue weighted by molar-refractivity contribution is 0.0826. The van der Waals surface area contributed by atoms with Crippen molar-refractivity contribution in [1.82, 2.24) is 29.9 Å². The van der Waals surface area contributed by atoms with Gasteiger partial charge in [0.25, 0.3) is 5.91 Å². The van der Waals surface area contributed by atoms with Crippen LogP contribution in [-0.2, 0) is 7.05 Å². The Morgan fingerprint density at radius 2 is 2.19 bits per heavy atom. The first-order chi connectivity index (χ1) is 12.6. The summed E-state index contributed by atoms with van der Waals surface area (Å²) in [6, 6.07) is 2.05. The van der Waals surface area contributed by atoms with Gasteiger partial charge in [0.2, 0.25) is 0 Å². The Balaban J connectivity index is 1.65. The fraction of sp³-hybridized carbons (Fsp3) is 0.444. The first-order valence-corrected chi connectivity index (χ1v) is 8.83. The molecule has 1 amide bonds. The van der Waals surface area contributed by atoms with Crippen molar-refractivity contribution >= 4 is 22.6 Å². The minimum Gasteiger partial charge on any atom is -0.370 e. The number of rotatable bonds is 3. The van der Waals surface area contributed by atoms with Gasteiger partial charge in [-0.2, -0.15) is 10.2 Å². The van der Waals surface area contributed by atoms with E-state index in [0.717, 1.165) is 48.3 Å². The molecule has 4 heterocycles. The van der Waals surface area contributed by atoms with Crippen LogP contribution < -0.4 is 4.90 Å². The molecule has 0 radical (unpaired) electrons. The maximum Gasteiger partial charge on any atom is 0.256 e. The Morgan fingerprint density at radius 3 is 3.00 bits per heavy atom. The van der Waals surface area contributed by atoms with Crippen molar-refractivity contribution in [2.24, 2.45) is 7.05 Å². The lowest BCUT2D eigenvalue weighted by Crippen LogP contribution is -2.35. The second kappa shape index (κ2) is 6.44. The Hall–Kier alpha value is -2.90. The van der Waals surface area contributed by atoms with Crippen molar-refractivity contribution in [2.45, 2.75) is 18.8 Å². The Labute approximate surface area is 151 Å². The number of anilines is 1. The number of nitrogens with zero attached hydrogens (tertiary/aromatic N) is 6. The summed E-state index contributed by atoms with van der Waals surface area (Å²) in [6.07, 6.45) is 7.44. The highest BCUT2D eigenvalue weighted by Gasteiger charge is 2.28. The van der Waals surface area contributed by atoms with Gasteiger partial charge in [-0.15, -0.1) is 0 Å². The lowest BCUT2D eigenvalue weighted by atomic mass is 9.92. The maximum absolute atomic E-state index is 12.4. The molecule has 1 N–H and O–H groups in total. The van der Waals surface area contributed by atoms with Gasteiger partial charge in [-0.05, 0) is 18.9 Å². The Kier molecular flexibility index (Phi) is 4.10. The van der Waals surface area contributed by atoms with E-state index in [-0.39, 0.29) is 11.8 Å². The second-order valence-electron chi connectivity index (χ2n) is 7.02. The highest BCUT2D eigenvalue weighted by Crippen LogP contribution is 2.33. The van der Waals surface area contributed by atoms with Crippen LogP contribution in [0.4, 0.5) is 5.69 Å². The first kappa shape index (κ1) is 16.6. The largest absolute Gasteiger partial charge is 0.370 e. The molecule has 4 rings (SSSR count). The van der Waals surface area contributed by atoms with Crippen LogP contribution in [0.2, 0.25) is 0 Å². The summed E-state index contributed by atoms with van der Waals surface area (Å²) in [5, 5.41) is 12.6. The predicted octanol–water partition coefficient (Wildman–Crippen LogP) is 1.78. The topological polar surface area (TPSA) is 82.9 Å². The van der Waals surface area contributed by atoms with Gasteiger partial charge in [-0.3, -0.25) is 14.6 Å². The van der Waals surface area contributed by atoms with E-state index in [0.29, 0.717) is 5.56 Å². The van der Waals surface area contributed by atoms with Crippen LogP contribution in [0.25, 0.3) is 11.0 Å². The van der Waals surface area contributed by atoms with E-state index in [1.807, 2.05) is 25.5 Å². The quantitative estimate of drug-likeness (QED) is 0.776. The SMILES string of the molecule is CN(C)C(=O)c1cn[nH]c1C1CCCN(c2ccnc3c2cnn3C)C1. The number of piperidine rings is 1. The number of carbonyl (C=O) groups is 1. The highest BCUT2D eigenvalue weighted by molar-refractivity contribution is 5.95. The number of hydrogen-bond donors (Lipinski definition) is 1. The summed E-state index contributed by atoms with van der Waals surface area (Å²) >= 11 is 0. The first-order valence-electron chi connectivity index (χ1n) is 8.83. The normalized spacial score (nSPS) is 17.7. The molecule has 8 nitrogen and oxygen atoms in total. The summed E-state index contributed by atoms with van der Waals surface area (Å²) in [4.78, 5) is 20.8. The number of aryl methyl sites for hydroxylation is 1.